The van der Waals surface area contributed by atoms with Gasteiger partial charge in [0, 0.05) is 25.1 Å². The molecule has 1 aromatic carbocycles. The molecule has 2 aromatic heterocycles. The van der Waals surface area contributed by atoms with Gasteiger partial charge in [-0.3, -0.25) is 4.79 Å². The van der Waals surface area contributed by atoms with Crippen LogP contribution in [0.2, 0.25) is 0 Å². The Labute approximate surface area is 216 Å². The summed E-state index contributed by atoms with van der Waals surface area (Å²) >= 11 is 0. The van der Waals surface area contributed by atoms with E-state index in [2.05, 4.69) is 15.6 Å². The van der Waals surface area contributed by atoms with Gasteiger partial charge in [-0.25, -0.2) is 9.78 Å². The quantitative estimate of drug-likeness (QED) is 0.315. The predicted octanol–water partition coefficient (Wildman–Crippen LogP) is 3.62. The van der Waals surface area contributed by atoms with Gasteiger partial charge in [-0.15, -0.1) is 0 Å². The molecule has 2 heterocycles. The molecule has 3 N–H and O–H groups in total. The number of pyridine rings is 1. The number of aliphatic hydroxyl groups is 1. The second-order valence-corrected chi connectivity index (χ2v) is 9.60. The summed E-state index contributed by atoms with van der Waals surface area (Å²) in [7, 11) is 4.34. The van der Waals surface area contributed by atoms with Gasteiger partial charge in [-0.2, -0.15) is 0 Å². The van der Waals surface area contributed by atoms with Gasteiger partial charge in [-0.1, -0.05) is 12.1 Å². The molecule has 0 radical (unpaired) electrons. The topological polar surface area (TPSA) is 124 Å². The van der Waals surface area contributed by atoms with E-state index < -0.39 is 17.5 Å². The zero-order valence-electron chi connectivity index (χ0n) is 22.3. The summed E-state index contributed by atoms with van der Waals surface area (Å²) in [5.41, 5.74) is 1.93. The van der Waals surface area contributed by atoms with Crippen LogP contribution in [0.15, 0.2) is 36.5 Å². The van der Waals surface area contributed by atoms with Crippen LogP contribution in [-0.4, -0.2) is 66.1 Å². The second-order valence-electron chi connectivity index (χ2n) is 9.60. The summed E-state index contributed by atoms with van der Waals surface area (Å²) in [6, 6.07) is 9.47. The van der Waals surface area contributed by atoms with E-state index in [1.54, 1.807) is 31.7 Å². The first-order valence-electron chi connectivity index (χ1n) is 12.1. The standard InChI is InChI=1S/C27H36N4O6/c1-17(14-27(2,3)34)29-19-13-21-23(30-22(32)16-35-4)24(26(33)37-6)31(25(21)28-15-19)12-11-18-7-9-20(36-5)10-8-18/h7-10,13,15,17,29,34H,11-12,14,16H2,1-6H3,(H,30,32). The summed E-state index contributed by atoms with van der Waals surface area (Å²) in [6.07, 6.45) is 2.79. The van der Waals surface area contributed by atoms with E-state index in [1.807, 2.05) is 37.3 Å². The molecule has 10 nitrogen and oxygen atoms in total. The first kappa shape index (κ1) is 27.9. The number of amides is 1. The fourth-order valence-electron chi connectivity index (χ4n) is 4.38. The molecule has 3 aromatic rings. The number of carbonyl (C=O) groups is 2. The van der Waals surface area contributed by atoms with Gasteiger partial charge in [0.15, 0.2) is 5.69 Å². The highest BCUT2D eigenvalue weighted by atomic mass is 16.5. The van der Waals surface area contributed by atoms with Crippen LogP contribution in [-0.2, 0) is 27.2 Å². The number of methoxy groups -OCH3 is 3. The number of hydrogen-bond acceptors (Lipinski definition) is 8. The lowest BCUT2D eigenvalue weighted by molar-refractivity contribution is -0.119. The van der Waals surface area contributed by atoms with E-state index in [4.69, 9.17) is 14.2 Å². The van der Waals surface area contributed by atoms with Crippen LogP contribution < -0.4 is 15.4 Å². The molecule has 0 bridgehead atoms. The van der Waals surface area contributed by atoms with Crippen molar-refractivity contribution in [1.29, 1.82) is 0 Å². The molecule has 0 saturated heterocycles. The fourth-order valence-corrected chi connectivity index (χ4v) is 4.38. The third-order valence-corrected chi connectivity index (χ3v) is 5.82. The normalized spacial score (nSPS) is 12.3. The smallest absolute Gasteiger partial charge is 0.356 e. The Bertz CT molecular complexity index is 1230. The lowest BCUT2D eigenvalue weighted by Crippen LogP contribution is -2.29. The van der Waals surface area contributed by atoms with Gasteiger partial charge in [-0.05, 0) is 57.4 Å². The van der Waals surface area contributed by atoms with Crippen molar-refractivity contribution in [3.63, 3.8) is 0 Å². The van der Waals surface area contributed by atoms with Crippen molar-refractivity contribution in [3.8, 4) is 5.75 Å². The lowest BCUT2D eigenvalue weighted by atomic mass is 10.0. The molecule has 0 aliphatic heterocycles. The highest BCUT2D eigenvalue weighted by molar-refractivity contribution is 6.11. The number of nitrogens with one attached hydrogen (secondary N) is 2. The number of ether oxygens (including phenoxy) is 3. The first-order valence-corrected chi connectivity index (χ1v) is 12.1. The number of rotatable bonds is 12. The molecule has 0 aliphatic carbocycles. The third-order valence-electron chi connectivity index (χ3n) is 5.82. The van der Waals surface area contributed by atoms with E-state index in [-0.39, 0.29) is 18.3 Å². The first-order chi connectivity index (χ1) is 17.6. The molecule has 0 aliphatic rings. The van der Waals surface area contributed by atoms with E-state index in [0.29, 0.717) is 41.8 Å². The number of aromatic nitrogens is 2. The number of hydrogen-bond donors (Lipinski definition) is 3. The zero-order valence-corrected chi connectivity index (χ0v) is 22.3. The van der Waals surface area contributed by atoms with E-state index in [0.717, 1.165) is 11.3 Å². The Morgan fingerprint density at radius 1 is 1.16 bits per heavy atom. The molecule has 200 valence electrons. The number of benzene rings is 1. The van der Waals surface area contributed by atoms with Gasteiger partial charge in [0.05, 0.1) is 37.4 Å². The second kappa shape index (κ2) is 12.1. The average Bonchev–Trinajstić information content (AvgIpc) is 3.13. The molecular weight excluding hydrogens is 476 g/mol. The van der Waals surface area contributed by atoms with Crippen LogP contribution in [0.25, 0.3) is 11.0 Å². The summed E-state index contributed by atoms with van der Waals surface area (Å²) < 4.78 is 17.1. The third kappa shape index (κ3) is 7.21. The number of carbonyl (C=O) groups excluding carboxylic acids is 2. The van der Waals surface area contributed by atoms with Crippen LogP contribution in [0.1, 0.15) is 43.2 Å². The predicted molar refractivity (Wildman–Crippen MR) is 142 cm³/mol. The molecule has 37 heavy (non-hydrogen) atoms. The summed E-state index contributed by atoms with van der Waals surface area (Å²) in [5.74, 6) is -0.241. The SMILES string of the molecule is COCC(=O)Nc1c(C(=O)OC)n(CCc2ccc(OC)cc2)c2ncc(NC(C)CC(C)(C)O)cc12. The Balaban J connectivity index is 2.06. The Morgan fingerprint density at radius 3 is 2.46 bits per heavy atom. The summed E-state index contributed by atoms with van der Waals surface area (Å²) in [5, 5.41) is 16.9. The van der Waals surface area contributed by atoms with Gasteiger partial charge in [0.1, 0.15) is 18.0 Å². The van der Waals surface area contributed by atoms with Crippen LogP contribution in [0.5, 0.6) is 5.75 Å². The molecule has 1 atom stereocenters. The maximum absolute atomic E-state index is 13.0. The number of aryl methyl sites for hydroxylation is 2. The minimum atomic E-state index is -0.841. The largest absolute Gasteiger partial charge is 0.497 e. The minimum Gasteiger partial charge on any atom is -0.497 e. The fraction of sp³-hybridized carbons (Fsp3) is 0.444. The van der Waals surface area contributed by atoms with Crippen molar-refractivity contribution in [2.75, 3.05) is 38.6 Å². The minimum absolute atomic E-state index is 0.0528. The number of fused-ring (bicyclic) bond motifs is 1. The van der Waals surface area contributed by atoms with Crippen molar-refractivity contribution < 1.29 is 28.9 Å². The highest BCUT2D eigenvalue weighted by Crippen LogP contribution is 2.33. The van der Waals surface area contributed by atoms with E-state index in [1.165, 1.54) is 14.2 Å². The Hall–Kier alpha value is -3.63. The van der Waals surface area contributed by atoms with Crippen LogP contribution >= 0.6 is 0 Å². The van der Waals surface area contributed by atoms with Gasteiger partial charge >= 0.3 is 5.97 Å². The van der Waals surface area contributed by atoms with Crippen LogP contribution in [0.4, 0.5) is 11.4 Å². The average molecular weight is 513 g/mol. The monoisotopic (exact) mass is 512 g/mol. The van der Waals surface area contributed by atoms with Crippen molar-refractivity contribution >= 4 is 34.3 Å². The molecule has 1 amide bonds. The molecule has 10 heteroatoms. The van der Waals surface area contributed by atoms with Crippen molar-refractivity contribution in [3.05, 3.63) is 47.8 Å². The van der Waals surface area contributed by atoms with Gasteiger partial charge in [0.25, 0.3) is 0 Å². The molecule has 1 unspecified atom stereocenters. The van der Waals surface area contributed by atoms with Crippen molar-refractivity contribution in [1.82, 2.24) is 9.55 Å². The Morgan fingerprint density at radius 2 is 1.86 bits per heavy atom. The molecule has 0 fully saturated rings. The van der Waals surface area contributed by atoms with Gasteiger partial charge in [0.2, 0.25) is 5.91 Å². The van der Waals surface area contributed by atoms with Crippen LogP contribution in [0, 0.1) is 0 Å². The number of nitrogens with zero attached hydrogens (tertiary/aromatic N) is 2. The lowest BCUT2D eigenvalue weighted by Gasteiger charge is -2.23. The van der Waals surface area contributed by atoms with Crippen molar-refractivity contribution in [2.45, 2.75) is 51.8 Å². The summed E-state index contributed by atoms with van der Waals surface area (Å²) in [6.45, 7) is 5.71. The molecular formula is C27H36N4O6. The maximum atomic E-state index is 13.0. The number of esters is 1. The van der Waals surface area contributed by atoms with E-state index in [9.17, 15) is 14.7 Å². The molecule has 3 rings (SSSR count). The van der Waals surface area contributed by atoms with E-state index >= 15 is 0 Å². The summed E-state index contributed by atoms with van der Waals surface area (Å²) in [4.78, 5) is 30.1. The van der Waals surface area contributed by atoms with Crippen molar-refractivity contribution in [2.24, 2.45) is 0 Å². The molecule has 0 saturated carbocycles. The highest BCUT2D eigenvalue weighted by Gasteiger charge is 2.26. The maximum Gasteiger partial charge on any atom is 0.356 e. The van der Waals surface area contributed by atoms with Crippen LogP contribution in [0.3, 0.4) is 0 Å². The van der Waals surface area contributed by atoms with Gasteiger partial charge < -0.3 is 34.5 Å². The zero-order chi connectivity index (χ0) is 27.2. The number of anilines is 2. The Kier molecular flexibility index (Phi) is 9.12. The molecule has 0 spiro atoms.